The summed E-state index contributed by atoms with van der Waals surface area (Å²) >= 11 is 0. The van der Waals surface area contributed by atoms with Crippen molar-refractivity contribution in [2.75, 3.05) is 49.9 Å². The molecule has 0 atom stereocenters. The number of carbonyl (C=O) groups excluding carboxylic acids is 1. The molecule has 9 nitrogen and oxygen atoms in total. The monoisotopic (exact) mass is 352 g/mol. The molecule has 1 aliphatic heterocycles. The summed E-state index contributed by atoms with van der Waals surface area (Å²) in [6, 6.07) is 1.32. The molecule has 1 aliphatic rings. The van der Waals surface area contributed by atoms with Gasteiger partial charge in [-0.25, -0.2) is 4.79 Å². The maximum Gasteiger partial charge on any atom is 0.407 e. The summed E-state index contributed by atoms with van der Waals surface area (Å²) in [5.74, 6) is 0.832. The number of hydrogen-bond donors (Lipinski definition) is 2. The van der Waals surface area contributed by atoms with Gasteiger partial charge in [-0.1, -0.05) is 0 Å². The van der Waals surface area contributed by atoms with Crippen molar-refractivity contribution in [2.24, 2.45) is 7.05 Å². The first-order valence-corrected chi connectivity index (χ1v) is 8.43. The van der Waals surface area contributed by atoms with E-state index in [9.17, 15) is 9.59 Å². The number of carbonyl (C=O) groups is 1. The number of rotatable bonds is 4. The molecule has 0 spiro atoms. The maximum atomic E-state index is 11.8. The minimum atomic E-state index is -0.490. The number of nitrogen functional groups attached to an aromatic ring is 1. The van der Waals surface area contributed by atoms with Gasteiger partial charge in [0.15, 0.2) is 0 Å². The van der Waals surface area contributed by atoms with Crippen LogP contribution in [0.4, 0.5) is 16.6 Å². The number of amides is 1. The van der Waals surface area contributed by atoms with Gasteiger partial charge in [-0.3, -0.25) is 14.3 Å². The van der Waals surface area contributed by atoms with Crippen molar-refractivity contribution in [3.05, 3.63) is 16.4 Å². The van der Waals surface area contributed by atoms with Crippen molar-refractivity contribution < 1.29 is 9.53 Å². The first-order chi connectivity index (χ1) is 11.7. The highest BCUT2D eigenvalue weighted by atomic mass is 16.6. The topological polar surface area (TPSA) is 106 Å². The molecular weight excluding hydrogens is 324 g/mol. The number of alkyl carbamates (subject to hydrolysis) is 1. The van der Waals surface area contributed by atoms with Crippen molar-refractivity contribution in [1.82, 2.24) is 19.8 Å². The van der Waals surface area contributed by atoms with Gasteiger partial charge in [-0.15, -0.1) is 0 Å². The van der Waals surface area contributed by atoms with E-state index in [-0.39, 0.29) is 11.4 Å². The fourth-order valence-electron chi connectivity index (χ4n) is 2.63. The van der Waals surface area contributed by atoms with E-state index in [0.29, 0.717) is 12.5 Å². The average molecular weight is 352 g/mol. The molecule has 140 valence electrons. The average Bonchev–Trinajstić information content (AvgIpc) is 2.50. The zero-order valence-corrected chi connectivity index (χ0v) is 15.4. The molecule has 1 amide bonds. The third kappa shape index (κ3) is 5.63. The standard InChI is InChI=1S/C16H28N6O3/c1-16(2,3)25-15(24)18-5-6-21-7-9-22(10-8-21)14-19-12(17)11-13(23)20(14)4/h11H,5-10,17H2,1-4H3,(H,18,24). The molecule has 25 heavy (non-hydrogen) atoms. The highest BCUT2D eigenvalue weighted by Crippen LogP contribution is 2.12. The number of anilines is 2. The quantitative estimate of drug-likeness (QED) is 0.786. The number of ether oxygens (including phenoxy) is 1. The number of hydrogen-bond acceptors (Lipinski definition) is 7. The first-order valence-electron chi connectivity index (χ1n) is 8.43. The molecular formula is C16H28N6O3. The zero-order valence-electron chi connectivity index (χ0n) is 15.4. The third-order valence-electron chi connectivity index (χ3n) is 3.88. The van der Waals surface area contributed by atoms with Crippen LogP contribution in [-0.4, -0.2) is 65.4 Å². The van der Waals surface area contributed by atoms with Gasteiger partial charge in [0.1, 0.15) is 11.4 Å². The van der Waals surface area contributed by atoms with Crippen LogP contribution in [0.3, 0.4) is 0 Å². The van der Waals surface area contributed by atoms with Crippen LogP contribution in [0.1, 0.15) is 20.8 Å². The van der Waals surface area contributed by atoms with Crippen LogP contribution in [0.5, 0.6) is 0 Å². The second kappa shape index (κ2) is 7.73. The Hall–Kier alpha value is -2.29. The fourth-order valence-corrected chi connectivity index (χ4v) is 2.63. The van der Waals surface area contributed by atoms with Crippen molar-refractivity contribution in [2.45, 2.75) is 26.4 Å². The molecule has 1 fully saturated rings. The molecule has 1 aromatic rings. The van der Waals surface area contributed by atoms with Crippen LogP contribution in [0, 0.1) is 0 Å². The van der Waals surface area contributed by atoms with Crippen molar-refractivity contribution >= 4 is 17.9 Å². The van der Waals surface area contributed by atoms with Gasteiger partial charge in [-0.05, 0) is 20.8 Å². The molecule has 0 aliphatic carbocycles. The highest BCUT2D eigenvalue weighted by Gasteiger charge is 2.21. The van der Waals surface area contributed by atoms with E-state index >= 15 is 0 Å². The lowest BCUT2D eigenvalue weighted by atomic mass is 10.2. The van der Waals surface area contributed by atoms with Crippen LogP contribution >= 0.6 is 0 Å². The Morgan fingerprint density at radius 3 is 2.56 bits per heavy atom. The lowest BCUT2D eigenvalue weighted by Gasteiger charge is -2.35. The Balaban J connectivity index is 1.79. The number of piperazine rings is 1. The lowest BCUT2D eigenvalue weighted by molar-refractivity contribution is 0.0521. The fraction of sp³-hybridized carbons (Fsp3) is 0.688. The van der Waals surface area contributed by atoms with Crippen LogP contribution in [0.2, 0.25) is 0 Å². The zero-order chi connectivity index (χ0) is 18.6. The second-order valence-corrected chi connectivity index (χ2v) is 7.14. The summed E-state index contributed by atoms with van der Waals surface area (Å²) in [5, 5.41) is 2.76. The predicted molar refractivity (Wildman–Crippen MR) is 96.8 cm³/mol. The largest absolute Gasteiger partial charge is 0.444 e. The van der Waals surface area contributed by atoms with E-state index in [4.69, 9.17) is 10.5 Å². The van der Waals surface area contributed by atoms with E-state index in [0.717, 1.165) is 32.7 Å². The Kier molecular flexibility index (Phi) is 5.89. The number of nitrogens with two attached hydrogens (primary N) is 1. The Labute approximate surface area is 147 Å². The summed E-state index contributed by atoms with van der Waals surface area (Å²) in [5.41, 5.74) is 5.04. The molecule has 1 saturated heterocycles. The number of nitrogens with one attached hydrogen (secondary N) is 1. The molecule has 1 aromatic heterocycles. The van der Waals surface area contributed by atoms with E-state index in [1.54, 1.807) is 7.05 Å². The van der Waals surface area contributed by atoms with Gasteiger partial charge in [0.25, 0.3) is 5.56 Å². The second-order valence-electron chi connectivity index (χ2n) is 7.14. The number of nitrogens with zero attached hydrogens (tertiary/aromatic N) is 4. The smallest absolute Gasteiger partial charge is 0.407 e. The van der Waals surface area contributed by atoms with Gasteiger partial charge in [0.2, 0.25) is 5.95 Å². The summed E-state index contributed by atoms with van der Waals surface area (Å²) in [6.07, 6.45) is -0.398. The molecule has 0 aromatic carbocycles. The first kappa shape index (κ1) is 19.0. The van der Waals surface area contributed by atoms with Crippen LogP contribution in [0.15, 0.2) is 10.9 Å². The minimum Gasteiger partial charge on any atom is -0.444 e. The highest BCUT2D eigenvalue weighted by molar-refractivity contribution is 5.67. The Bertz CT molecular complexity index is 659. The SMILES string of the molecule is Cn1c(N2CCN(CCNC(=O)OC(C)(C)C)CC2)nc(N)cc1=O. The third-order valence-corrected chi connectivity index (χ3v) is 3.88. The molecule has 9 heteroatoms. The summed E-state index contributed by atoms with van der Waals surface area (Å²) in [6.45, 7) is 9.92. The van der Waals surface area contributed by atoms with Gasteiger partial charge >= 0.3 is 6.09 Å². The summed E-state index contributed by atoms with van der Waals surface area (Å²) in [7, 11) is 1.70. The molecule has 3 N–H and O–H groups in total. The van der Waals surface area contributed by atoms with Crippen molar-refractivity contribution in [3.63, 3.8) is 0 Å². The van der Waals surface area contributed by atoms with Crippen LogP contribution < -0.4 is 21.5 Å². The molecule has 0 radical (unpaired) electrons. The predicted octanol–water partition coefficient (Wildman–Crippen LogP) is 0.00920. The molecule has 2 rings (SSSR count). The summed E-state index contributed by atoms with van der Waals surface area (Å²) < 4.78 is 6.72. The number of aromatic nitrogens is 2. The normalized spacial score (nSPS) is 15.9. The maximum absolute atomic E-state index is 11.8. The van der Waals surface area contributed by atoms with Crippen molar-refractivity contribution in [1.29, 1.82) is 0 Å². The lowest BCUT2D eigenvalue weighted by Crippen LogP contribution is -2.50. The molecule has 0 saturated carbocycles. The van der Waals surface area contributed by atoms with E-state index in [2.05, 4.69) is 20.1 Å². The van der Waals surface area contributed by atoms with Gasteiger partial charge in [0.05, 0.1) is 0 Å². The van der Waals surface area contributed by atoms with Crippen LogP contribution in [0.25, 0.3) is 0 Å². The molecule has 0 bridgehead atoms. The van der Waals surface area contributed by atoms with Gasteiger partial charge in [0, 0.05) is 52.4 Å². The van der Waals surface area contributed by atoms with Gasteiger partial charge in [-0.2, -0.15) is 4.98 Å². The molecule has 2 heterocycles. The Morgan fingerprint density at radius 2 is 1.96 bits per heavy atom. The van der Waals surface area contributed by atoms with E-state index in [1.165, 1.54) is 10.6 Å². The van der Waals surface area contributed by atoms with E-state index in [1.807, 2.05) is 20.8 Å². The van der Waals surface area contributed by atoms with Gasteiger partial charge < -0.3 is 20.7 Å². The van der Waals surface area contributed by atoms with Crippen molar-refractivity contribution in [3.8, 4) is 0 Å². The Morgan fingerprint density at radius 1 is 1.32 bits per heavy atom. The molecule has 0 unspecified atom stereocenters. The van der Waals surface area contributed by atoms with Crippen LogP contribution in [-0.2, 0) is 11.8 Å². The van der Waals surface area contributed by atoms with E-state index < -0.39 is 11.7 Å². The minimum absolute atomic E-state index is 0.161. The summed E-state index contributed by atoms with van der Waals surface area (Å²) in [4.78, 5) is 32.0.